The molecule has 0 spiro atoms. The summed E-state index contributed by atoms with van der Waals surface area (Å²) in [6, 6.07) is 7.06. The second kappa shape index (κ2) is 9.56. The summed E-state index contributed by atoms with van der Waals surface area (Å²) in [7, 11) is 3.90. The van der Waals surface area contributed by atoms with Crippen molar-refractivity contribution in [1.82, 2.24) is 20.2 Å². The molecule has 0 aliphatic carbocycles. The van der Waals surface area contributed by atoms with Gasteiger partial charge < -0.3 is 15.5 Å². The van der Waals surface area contributed by atoms with Crippen LogP contribution in [0, 0.1) is 0 Å². The van der Waals surface area contributed by atoms with Crippen LogP contribution in [0.4, 0.5) is 5.82 Å². The summed E-state index contributed by atoms with van der Waals surface area (Å²) in [6.45, 7) is 1.96. The van der Waals surface area contributed by atoms with Crippen molar-refractivity contribution in [1.29, 1.82) is 0 Å². The molecule has 1 aromatic carbocycles. The molecule has 2 rings (SSSR count). The number of benzene rings is 1. The van der Waals surface area contributed by atoms with Crippen LogP contribution in [0.25, 0.3) is 0 Å². The van der Waals surface area contributed by atoms with E-state index in [0.717, 1.165) is 12.1 Å². The molecule has 0 atom stereocenters. The lowest BCUT2D eigenvalue weighted by atomic mass is 10.1. The SMILES string of the molecule is CN(C)CCNC(=O)c1cc(NCCc2ccc(Cl)cc2Cl)ncn1. The molecule has 6 nitrogen and oxygen atoms in total. The van der Waals surface area contributed by atoms with Crippen molar-refractivity contribution in [2.45, 2.75) is 6.42 Å². The van der Waals surface area contributed by atoms with Crippen LogP contribution in [0.3, 0.4) is 0 Å². The minimum atomic E-state index is -0.215. The molecule has 134 valence electrons. The second-order valence-corrected chi connectivity index (χ2v) is 6.60. The van der Waals surface area contributed by atoms with E-state index in [1.165, 1.54) is 6.33 Å². The van der Waals surface area contributed by atoms with Crippen molar-refractivity contribution in [2.75, 3.05) is 39.0 Å². The quantitative estimate of drug-likeness (QED) is 0.735. The highest BCUT2D eigenvalue weighted by atomic mass is 35.5. The number of carbonyl (C=O) groups is 1. The highest BCUT2D eigenvalue weighted by Crippen LogP contribution is 2.21. The van der Waals surface area contributed by atoms with Crippen LogP contribution >= 0.6 is 23.2 Å². The van der Waals surface area contributed by atoms with Crippen LogP contribution in [0.1, 0.15) is 16.1 Å². The van der Waals surface area contributed by atoms with Crippen molar-refractivity contribution < 1.29 is 4.79 Å². The molecule has 8 heteroatoms. The van der Waals surface area contributed by atoms with E-state index in [1.54, 1.807) is 12.1 Å². The summed E-state index contributed by atoms with van der Waals surface area (Å²) in [6.07, 6.45) is 2.09. The lowest BCUT2D eigenvalue weighted by Crippen LogP contribution is -2.31. The fraction of sp³-hybridized carbons (Fsp3) is 0.353. The van der Waals surface area contributed by atoms with E-state index in [4.69, 9.17) is 23.2 Å². The second-order valence-electron chi connectivity index (χ2n) is 5.76. The number of anilines is 1. The minimum absolute atomic E-state index is 0.215. The standard InChI is InChI=1S/C17H21Cl2N5O/c1-24(2)8-7-21-17(25)15-10-16(23-11-22-15)20-6-5-12-3-4-13(18)9-14(12)19/h3-4,9-11H,5-8H2,1-2H3,(H,21,25)(H,20,22,23). The van der Waals surface area contributed by atoms with Crippen LogP contribution < -0.4 is 10.6 Å². The van der Waals surface area contributed by atoms with Gasteiger partial charge in [0.15, 0.2) is 0 Å². The Morgan fingerprint density at radius 1 is 1.16 bits per heavy atom. The van der Waals surface area contributed by atoms with E-state index < -0.39 is 0 Å². The van der Waals surface area contributed by atoms with Crippen molar-refractivity contribution >= 4 is 34.9 Å². The Labute approximate surface area is 157 Å². The summed E-state index contributed by atoms with van der Waals surface area (Å²) in [5.41, 5.74) is 1.33. The molecular formula is C17H21Cl2N5O. The van der Waals surface area contributed by atoms with Gasteiger partial charge in [0.1, 0.15) is 17.8 Å². The molecule has 2 aromatic rings. The first-order valence-corrected chi connectivity index (χ1v) is 8.64. The number of rotatable bonds is 8. The Morgan fingerprint density at radius 2 is 1.96 bits per heavy atom. The molecule has 0 fully saturated rings. The normalized spacial score (nSPS) is 10.8. The minimum Gasteiger partial charge on any atom is -0.370 e. The zero-order chi connectivity index (χ0) is 18.2. The van der Waals surface area contributed by atoms with Crippen LogP contribution in [0.15, 0.2) is 30.6 Å². The van der Waals surface area contributed by atoms with Crippen molar-refractivity contribution in [2.24, 2.45) is 0 Å². The van der Waals surface area contributed by atoms with Gasteiger partial charge in [-0.05, 0) is 38.2 Å². The maximum absolute atomic E-state index is 12.1. The molecule has 1 aromatic heterocycles. The molecule has 0 aliphatic heterocycles. The topological polar surface area (TPSA) is 70.2 Å². The molecule has 25 heavy (non-hydrogen) atoms. The fourth-order valence-electron chi connectivity index (χ4n) is 2.11. The summed E-state index contributed by atoms with van der Waals surface area (Å²) in [5, 5.41) is 7.25. The van der Waals surface area contributed by atoms with Gasteiger partial charge in [-0.25, -0.2) is 9.97 Å². The largest absolute Gasteiger partial charge is 0.370 e. The maximum Gasteiger partial charge on any atom is 0.270 e. The molecule has 0 saturated heterocycles. The zero-order valence-corrected chi connectivity index (χ0v) is 15.7. The van der Waals surface area contributed by atoms with Crippen molar-refractivity contribution in [3.05, 3.63) is 51.9 Å². The smallest absolute Gasteiger partial charge is 0.270 e. The van der Waals surface area contributed by atoms with E-state index in [9.17, 15) is 4.79 Å². The summed E-state index contributed by atoms with van der Waals surface area (Å²) in [4.78, 5) is 22.2. The zero-order valence-electron chi connectivity index (χ0n) is 14.2. The Morgan fingerprint density at radius 3 is 2.68 bits per heavy atom. The average molecular weight is 382 g/mol. The predicted molar refractivity (Wildman–Crippen MR) is 102 cm³/mol. The molecule has 0 aliphatic rings. The number of aromatic nitrogens is 2. The highest BCUT2D eigenvalue weighted by Gasteiger charge is 2.08. The summed E-state index contributed by atoms with van der Waals surface area (Å²) in [5.74, 6) is 0.380. The van der Waals surface area contributed by atoms with Crippen LogP contribution in [-0.4, -0.2) is 54.5 Å². The first kappa shape index (κ1) is 19.4. The van der Waals surface area contributed by atoms with Gasteiger partial charge in [0.05, 0.1) is 0 Å². The molecular weight excluding hydrogens is 361 g/mol. The van der Waals surface area contributed by atoms with Crippen LogP contribution in [0.2, 0.25) is 10.0 Å². The van der Waals surface area contributed by atoms with E-state index >= 15 is 0 Å². The molecule has 0 unspecified atom stereocenters. The number of likely N-dealkylation sites (N-methyl/N-ethyl adjacent to an activating group) is 1. The van der Waals surface area contributed by atoms with E-state index in [1.807, 2.05) is 31.1 Å². The average Bonchev–Trinajstić information content (AvgIpc) is 2.57. The Bertz CT molecular complexity index is 724. The summed E-state index contributed by atoms with van der Waals surface area (Å²) >= 11 is 12.0. The van der Waals surface area contributed by atoms with Gasteiger partial charge >= 0.3 is 0 Å². The molecule has 2 N–H and O–H groups in total. The van der Waals surface area contributed by atoms with Crippen LogP contribution in [0.5, 0.6) is 0 Å². The van der Waals surface area contributed by atoms with E-state index in [-0.39, 0.29) is 5.91 Å². The molecule has 0 saturated carbocycles. The number of carbonyl (C=O) groups excluding carboxylic acids is 1. The molecule has 0 bridgehead atoms. The molecule has 0 radical (unpaired) electrons. The number of nitrogens with one attached hydrogen (secondary N) is 2. The third kappa shape index (κ3) is 6.49. The number of hydrogen-bond donors (Lipinski definition) is 2. The van der Waals surface area contributed by atoms with Gasteiger partial charge in [0.25, 0.3) is 5.91 Å². The summed E-state index contributed by atoms with van der Waals surface area (Å²) < 4.78 is 0. The predicted octanol–water partition coefficient (Wildman–Crippen LogP) is 2.73. The van der Waals surface area contributed by atoms with Gasteiger partial charge in [-0.1, -0.05) is 29.3 Å². The third-order valence-electron chi connectivity index (χ3n) is 3.46. The lowest BCUT2D eigenvalue weighted by molar-refractivity contribution is 0.0946. The molecule has 1 heterocycles. The third-order valence-corrected chi connectivity index (χ3v) is 4.05. The number of hydrogen-bond acceptors (Lipinski definition) is 5. The van der Waals surface area contributed by atoms with E-state index in [2.05, 4.69) is 20.6 Å². The Hall–Kier alpha value is -1.89. The van der Waals surface area contributed by atoms with E-state index in [0.29, 0.717) is 41.1 Å². The highest BCUT2D eigenvalue weighted by molar-refractivity contribution is 6.35. The maximum atomic E-state index is 12.1. The first-order valence-electron chi connectivity index (χ1n) is 7.88. The fourth-order valence-corrected chi connectivity index (χ4v) is 2.61. The Balaban J connectivity index is 1.87. The first-order chi connectivity index (χ1) is 12.0. The van der Waals surface area contributed by atoms with Gasteiger partial charge in [0, 0.05) is 35.7 Å². The Kier molecular flexibility index (Phi) is 7.43. The number of halogens is 2. The van der Waals surface area contributed by atoms with Gasteiger partial charge in [-0.15, -0.1) is 0 Å². The van der Waals surface area contributed by atoms with Gasteiger partial charge in [0.2, 0.25) is 0 Å². The monoisotopic (exact) mass is 381 g/mol. The van der Waals surface area contributed by atoms with Crippen molar-refractivity contribution in [3.63, 3.8) is 0 Å². The number of amides is 1. The molecule has 1 amide bonds. The van der Waals surface area contributed by atoms with Gasteiger partial charge in [-0.2, -0.15) is 0 Å². The lowest BCUT2D eigenvalue weighted by Gasteiger charge is -2.11. The van der Waals surface area contributed by atoms with Gasteiger partial charge in [-0.3, -0.25) is 4.79 Å². The van der Waals surface area contributed by atoms with Crippen molar-refractivity contribution in [3.8, 4) is 0 Å². The number of nitrogens with zero attached hydrogens (tertiary/aromatic N) is 3. The van der Waals surface area contributed by atoms with Crippen LogP contribution in [-0.2, 0) is 6.42 Å².